The molecule has 0 unspecified atom stereocenters. The maximum atomic E-state index is 12.1. The Morgan fingerprint density at radius 1 is 1.30 bits per heavy atom. The monoisotopic (exact) mass is 375 g/mol. The molecule has 6 nitrogen and oxygen atoms in total. The maximum absolute atomic E-state index is 12.1. The van der Waals surface area contributed by atoms with E-state index < -0.39 is 10.0 Å². The Bertz CT molecular complexity index is 739. The lowest BCUT2D eigenvalue weighted by Crippen LogP contribution is -2.14. The Kier molecular flexibility index (Phi) is 4.31. The predicted octanol–water partition coefficient (Wildman–Crippen LogP) is 2.41. The predicted molar refractivity (Wildman–Crippen MR) is 81.8 cm³/mol. The summed E-state index contributed by atoms with van der Waals surface area (Å²) >= 11 is 4.30. The van der Waals surface area contributed by atoms with E-state index in [0.29, 0.717) is 15.7 Å². The van der Waals surface area contributed by atoms with Gasteiger partial charge >= 0.3 is 0 Å². The van der Waals surface area contributed by atoms with Gasteiger partial charge in [-0.25, -0.2) is 8.42 Å². The highest BCUT2D eigenvalue weighted by atomic mass is 79.9. The second-order valence-electron chi connectivity index (χ2n) is 3.72. The Hall–Kier alpha value is -1.58. The van der Waals surface area contributed by atoms with Crippen molar-refractivity contribution >= 4 is 48.8 Å². The molecule has 9 heteroatoms. The van der Waals surface area contributed by atoms with Crippen LogP contribution in [0.3, 0.4) is 0 Å². The molecule has 0 fully saturated rings. The van der Waals surface area contributed by atoms with Gasteiger partial charge in [0.1, 0.15) is 0 Å². The first kappa shape index (κ1) is 14.8. The zero-order chi connectivity index (χ0) is 14.8. The number of thiophene rings is 1. The van der Waals surface area contributed by atoms with Crippen molar-refractivity contribution in [2.75, 3.05) is 4.72 Å². The lowest BCUT2D eigenvalue weighted by atomic mass is 10.2. The van der Waals surface area contributed by atoms with E-state index in [4.69, 9.17) is 10.9 Å². The fraction of sp³-hybridized carbons (Fsp3) is 0. The first-order valence-corrected chi connectivity index (χ1v) is 8.43. The van der Waals surface area contributed by atoms with E-state index in [2.05, 4.69) is 25.8 Å². The van der Waals surface area contributed by atoms with E-state index in [1.807, 2.05) is 0 Å². The Morgan fingerprint density at radius 2 is 1.95 bits per heavy atom. The third-order valence-corrected chi connectivity index (χ3v) is 6.42. The number of anilines is 1. The van der Waals surface area contributed by atoms with Crippen molar-refractivity contribution in [1.29, 1.82) is 0 Å². The molecule has 106 valence electrons. The number of oxime groups is 1. The van der Waals surface area contributed by atoms with Crippen molar-refractivity contribution in [2.24, 2.45) is 10.9 Å². The zero-order valence-electron chi connectivity index (χ0n) is 9.95. The Morgan fingerprint density at radius 3 is 2.45 bits per heavy atom. The fourth-order valence-corrected chi connectivity index (χ4v) is 4.84. The molecule has 20 heavy (non-hydrogen) atoms. The molecule has 0 atom stereocenters. The topological polar surface area (TPSA) is 105 Å². The second kappa shape index (κ2) is 5.81. The van der Waals surface area contributed by atoms with Gasteiger partial charge in [0.05, 0.1) is 0 Å². The summed E-state index contributed by atoms with van der Waals surface area (Å²) in [6.07, 6.45) is 0. The van der Waals surface area contributed by atoms with Crippen LogP contribution in [0.25, 0.3) is 0 Å². The molecule has 0 aliphatic rings. The Labute approximate surface area is 128 Å². The quantitative estimate of drug-likeness (QED) is 0.330. The largest absolute Gasteiger partial charge is 0.409 e. The van der Waals surface area contributed by atoms with Crippen molar-refractivity contribution in [2.45, 2.75) is 4.21 Å². The molecule has 4 N–H and O–H groups in total. The molecule has 1 aromatic heterocycles. The molecule has 0 amide bonds. The van der Waals surface area contributed by atoms with Crippen LogP contribution in [-0.2, 0) is 10.0 Å². The van der Waals surface area contributed by atoms with Crippen molar-refractivity contribution in [3.05, 3.63) is 45.7 Å². The van der Waals surface area contributed by atoms with E-state index in [-0.39, 0.29) is 10.0 Å². The molecule has 2 aromatic rings. The first-order chi connectivity index (χ1) is 9.44. The number of halogens is 1. The Balaban J connectivity index is 2.25. The standard InChI is InChI=1S/C11H10BrN3O3S2/c12-9-5-6-19-11(9)20(17,18)15-8-3-1-7(2-4-8)10(13)14-16/h1-6,15-16H,(H2,13,14). The molecular weight excluding hydrogens is 366 g/mol. The summed E-state index contributed by atoms with van der Waals surface area (Å²) in [5.41, 5.74) is 6.31. The summed E-state index contributed by atoms with van der Waals surface area (Å²) in [7, 11) is -3.63. The van der Waals surface area contributed by atoms with Gasteiger partial charge in [-0.05, 0) is 51.6 Å². The highest BCUT2D eigenvalue weighted by Gasteiger charge is 2.19. The molecule has 0 saturated heterocycles. The third kappa shape index (κ3) is 3.11. The molecule has 0 aliphatic carbocycles. The summed E-state index contributed by atoms with van der Waals surface area (Å²) in [6, 6.07) is 7.84. The van der Waals surface area contributed by atoms with Gasteiger partial charge in [0.2, 0.25) is 0 Å². The number of sulfonamides is 1. The molecule has 1 heterocycles. The minimum absolute atomic E-state index is 0.0413. The summed E-state index contributed by atoms with van der Waals surface area (Å²) in [5.74, 6) is -0.0413. The maximum Gasteiger partial charge on any atom is 0.272 e. The van der Waals surface area contributed by atoms with Crippen molar-refractivity contribution < 1.29 is 13.6 Å². The van der Waals surface area contributed by atoms with Gasteiger partial charge in [-0.15, -0.1) is 11.3 Å². The molecule has 0 aliphatic heterocycles. The highest BCUT2D eigenvalue weighted by Crippen LogP contribution is 2.29. The van der Waals surface area contributed by atoms with Crippen LogP contribution in [0, 0.1) is 0 Å². The number of nitrogens with two attached hydrogens (primary N) is 1. The average molecular weight is 376 g/mol. The molecule has 0 radical (unpaired) electrons. The molecule has 2 rings (SSSR count). The molecule has 0 bridgehead atoms. The molecule has 0 saturated carbocycles. The fourth-order valence-electron chi connectivity index (χ4n) is 1.44. The number of hydrogen-bond donors (Lipinski definition) is 3. The lowest BCUT2D eigenvalue weighted by Gasteiger charge is -2.07. The van der Waals surface area contributed by atoms with E-state index in [0.717, 1.165) is 11.3 Å². The van der Waals surface area contributed by atoms with Crippen LogP contribution in [0.1, 0.15) is 5.56 Å². The lowest BCUT2D eigenvalue weighted by molar-refractivity contribution is 0.318. The van der Waals surface area contributed by atoms with E-state index in [9.17, 15) is 8.42 Å². The van der Waals surface area contributed by atoms with Crippen LogP contribution in [0.5, 0.6) is 0 Å². The molecular formula is C11H10BrN3O3S2. The van der Waals surface area contributed by atoms with Crippen molar-refractivity contribution in [1.82, 2.24) is 0 Å². The number of hydrogen-bond acceptors (Lipinski definition) is 5. The van der Waals surface area contributed by atoms with E-state index in [1.54, 1.807) is 23.6 Å². The summed E-state index contributed by atoms with van der Waals surface area (Å²) in [6.45, 7) is 0. The van der Waals surface area contributed by atoms with Gasteiger partial charge < -0.3 is 10.9 Å². The van der Waals surface area contributed by atoms with Crippen LogP contribution in [-0.4, -0.2) is 19.5 Å². The highest BCUT2D eigenvalue weighted by molar-refractivity contribution is 9.10. The molecule has 1 aromatic carbocycles. The van der Waals surface area contributed by atoms with Crippen molar-refractivity contribution in [3.8, 4) is 0 Å². The van der Waals surface area contributed by atoms with Crippen LogP contribution < -0.4 is 10.5 Å². The van der Waals surface area contributed by atoms with Crippen LogP contribution in [0.2, 0.25) is 0 Å². The normalized spacial score (nSPS) is 12.3. The smallest absolute Gasteiger partial charge is 0.272 e. The van der Waals surface area contributed by atoms with Crippen LogP contribution in [0.15, 0.2) is 49.5 Å². The number of rotatable bonds is 4. The minimum Gasteiger partial charge on any atom is -0.409 e. The number of benzene rings is 1. The van der Waals surface area contributed by atoms with Gasteiger partial charge in [-0.2, -0.15) is 0 Å². The van der Waals surface area contributed by atoms with Crippen molar-refractivity contribution in [3.63, 3.8) is 0 Å². The minimum atomic E-state index is -3.63. The number of nitrogens with one attached hydrogen (secondary N) is 1. The van der Waals surface area contributed by atoms with Gasteiger partial charge in [0.15, 0.2) is 10.0 Å². The third-order valence-electron chi connectivity index (χ3n) is 2.37. The van der Waals surface area contributed by atoms with E-state index in [1.165, 1.54) is 12.1 Å². The van der Waals surface area contributed by atoms with E-state index >= 15 is 0 Å². The van der Waals surface area contributed by atoms with Gasteiger partial charge in [-0.3, -0.25) is 4.72 Å². The number of amidine groups is 1. The second-order valence-corrected chi connectivity index (χ2v) is 7.37. The molecule has 0 spiro atoms. The van der Waals surface area contributed by atoms with Gasteiger partial charge in [-0.1, -0.05) is 5.16 Å². The summed E-state index contributed by atoms with van der Waals surface area (Å²) in [4.78, 5) is 0. The first-order valence-electron chi connectivity index (χ1n) is 5.28. The average Bonchev–Trinajstić information content (AvgIpc) is 2.85. The van der Waals surface area contributed by atoms with Gasteiger partial charge in [0, 0.05) is 15.7 Å². The summed E-state index contributed by atoms with van der Waals surface area (Å²) < 4.78 is 27.5. The SMILES string of the molecule is NC(=NO)c1ccc(NS(=O)(=O)c2sccc2Br)cc1. The number of nitrogens with zero attached hydrogens (tertiary/aromatic N) is 1. The van der Waals surface area contributed by atoms with Gasteiger partial charge in [0.25, 0.3) is 10.0 Å². The van der Waals surface area contributed by atoms with Crippen LogP contribution >= 0.6 is 27.3 Å². The van der Waals surface area contributed by atoms with Crippen LogP contribution in [0.4, 0.5) is 5.69 Å². The summed E-state index contributed by atoms with van der Waals surface area (Å²) in [5, 5.41) is 13.1. The zero-order valence-corrected chi connectivity index (χ0v) is 13.2.